The maximum absolute atomic E-state index is 6.19. The minimum absolute atomic E-state index is 0.638. The maximum Gasteiger partial charge on any atom is 0.188 e. The van der Waals surface area contributed by atoms with E-state index in [0.29, 0.717) is 22.5 Å². The summed E-state index contributed by atoms with van der Waals surface area (Å²) in [6.07, 6.45) is 3.43. The second kappa shape index (κ2) is 9.55. The van der Waals surface area contributed by atoms with E-state index in [2.05, 4.69) is 102 Å². The third-order valence-electron chi connectivity index (χ3n) is 8.98. The van der Waals surface area contributed by atoms with E-state index in [4.69, 9.17) is 24.6 Å². The van der Waals surface area contributed by atoms with Crippen LogP contribution in [-0.4, -0.2) is 24.7 Å². The number of benzene rings is 6. The smallest absolute Gasteiger partial charge is 0.188 e. The van der Waals surface area contributed by atoms with Crippen LogP contribution in [0.15, 0.2) is 144 Å². The molecule has 0 saturated heterocycles. The normalized spacial score (nSPS) is 11.9. The van der Waals surface area contributed by atoms with Gasteiger partial charge in [0.25, 0.3) is 0 Å². The van der Waals surface area contributed by atoms with Gasteiger partial charge in [-0.05, 0) is 64.4 Å². The molecule has 0 bridgehead atoms. The fourth-order valence-corrected chi connectivity index (χ4v) is 6.83. The van der Waals surface area contributed by atoms with Crippen molar-refractivity contribution in [2.24, 2.45) is 0 Å². The van der Waals surface area contributed by atoms with Crippen molar-refractivity contribution in [1.82, 2.24) is 24.7 Å². The van der Waals surface area contributed by atoms with Crippen LogP contribution in [0.1, 0.15) is 0 Å². The summed E-state index contributed by atoms with van der Waals surface area (Å²) in [7, 11) is 0. The first-order valence-corrected chi connectivity index (χ1v) is 15.2. The number of furan rings is 1. The van der Waals surface area contributed by atoms with Crippen LogP contribution in [0.2, 0.25) is 0 Å². The average Bonchev–Trinajstić information content (AvgIpc) is 3.65. The van der Waals surface area contributed by atoms with Gasteiger partial charge in [0.1, 0.15) is 27.9 Å². The van der Waals surface area contributed by atoms with Gasteiger partial charge in [0.15, 0.2) is 5.82 Å². The van der Waals surface area contributed by atoms with E-state index in [-0.39, 0.29) is 0 Å². The predicted octanol–water partition coefficient (Wildman–Crippen LogP) is 9.90. The summed E-state index contributed by atoms with van der Waals surface area (Å²) >= 11 is 0. The second-order valence-electron chi connectivity index (χ2n) is 11.6. The molecule has 0 fully saturated rings. The number of nitrogens with zero attached hydrogens (tertiary/aromatic N) is 5. The molecule has 0 aliphatic heterocycles. The van der Waals surface area contributed by atoms with E-state index >= 15 is 0 Å². The fraction of sp³-hybridized carbons (Fsp3) is 0. The highest BCUT2D eigenvalue weighted by Gasteiger charge is 2.21. The highest BCUT2D eigenvalue weighted by molar-refractivity contribution is 6.15. The number of fused-ring (bicyclic) bond motifs is 8. The minimum atomic E-state index is 0.638. The van der Waals surface area contributed by atoms with E-state index in [1.807, 2.05) is 30.3 Å². The number of rotatable bonds is 3. The summed E-state index contributed by atoms with van der Waals surface area (Å²) in [4.78, 5) is 9.66. The Kier molecular flexibility index (Phi) is 5.19. The quantitative estimate of drug-likeness (QED) is 0.205. The predicted molar refractivity (Wildman–Crippen MR) is 185 cm³/mol. The van der Waals surface area contributed by atoms with Crippen LogP contribution >= 0.6 is 0 Å². The lowest BCUT2D eigenvalue weighted by Crippen LogP contribution is -2.04. The van der Waals surface area contributed by atoms with Gasteiger partial charge in [0, 0.05) is 39.5 Å². The van der Waals surface area contributed by atoms with E-state index in [0.717, 1.165) is 60.3 Å². The zero-order valence-electron chi connectivity index (χ0n) is 24.4. The summed E-state index contributed by atoms with van der Waals surface area (Å²) in [6, 6.07) is 44.3. The topological polar surface area (TPSA) is 69.6 Å². The Morgan fingerprint density at radius 3 is 2.07 bits per heavy atom. The molecule has 4 aromatic heterocycles. The van der Waals surface area contributed by atoms with Crippen molar-refractivity contribution in [2.45, 2.75) is 0 Å². The SMILES string of the molecule is c1ccc(-c2ccc3c(c2)c2cc4ccccc4cc2n3-c2nnc(-c3ccc4c(c3)oc3ccccc34)c3nccnc23)cc1. The molecule has 0 amide bonds. The van der Waals surface area contributed by atoms with Crippen molar-refractivity contribution < 1.29 is 4.42 Å². The Balaban J connectivity index is 1.24. The molecule has 0 N–H and O–H groups in total. The standard InChI is InChI=1S/C40H23N5O/c1-2-8-24(9-3-1)27-15-17-33-31(21-27)32-20-25-10-4-5-11-26(25)22-34(32)45(33)40-39-38(41-18-19-42-39)37(43-44-40)28-14-16-30-29-12-6-7-13-35(29)46-36(30)23-28/h1-23H. The molecule has 214 valence electrons. The first kappa shape index (κ1) is 25.0. The molecule has 6 nitrogen and oxygen atoms in total. The average molecular weight is 590 g/mol. The van der Waals surface area contributed by atoms with E-state index in [1.54, 1.807) is 12.4 Å². The Morgan fingerprint density at radius 2 is 1.17 bits per heavy atom. The summed E-state index contributed by atoms with van der Waals surface area (Å²) in [5.41, 5.74) is 8.94. The first-order chi connectivity index (χ1) is 22.8. The molecule has 0 aliphatic carbocycles. The summed E-state index contributed by atoms with van der Waals surface area (Å²) in [5.74, 6) is 0.638. The first-order valence-electron chi connectivity index (χ1n) is 15.2. The lowest BCUT2D eigenvalue weighted by atomic mass is 10.0. The fourth-order valence-electron chi connectivity index (χ4n) is 6.83. The van der Waals surface area contributed by atoms with Gasteiger partial charge in [-0.3, -0.25) is 9.55 Å². The number of hydrogen-bond donors (Lipinski definition) is 0. The van der Waals surface area contributed by atoms with Crippen molar-refractivity contribution in [1.29, 1.82) is 0 Å². The zero-order valence-corrected chi connectivity index (χ0v) is 24.4. The molecule has 0 radical (unpaired) electrons. The van der Waals surface area contributed by atoms with Crippen molar-refractivity contribution >= 4 is 65.6 Å². The highest BCUT2D eigenvalue weighted by atomic mass is 16.3. The largest absolute Gasteiger partial charge is 0.456 e. The molecule has 0 atom stereocenters. The van der Waals surface area contributed by atoms with Gasteiger partial charge in [0.2, 0.25) is 0 Å². The van der Waals surface area contributed by atoms with Gasteiger partial charge in [-0.2, -0.15) is 0 Å². The van der Waals surface area contributed by atoms with Crippen LogP contribution in [-0.2, 0) is 0 Å². The lowest BCUT2D eigenvalue weighted by Gasteiger charge is -2.11. The lowest BCUT2D eigenvalue weighted by molar-refractivity contribution is 0.669. The van der Waals surface area contributed by atoms with Crippen LogP contribution in [0.4, 0.5) is 0 Å². The van der Waals surface area contributed by atoms with Crippen LogP contribution in [0.5, 0.6) is 0 Å². The molecule has 0 aliphatic rings. The third-order valence-corrected chi connectivity index (χ3v) is 8.98. The number of hydrogen-bond acceptors (Lipinski definition) is 5. The van der Waals surface area contributed by atoms with Crippen molar-refractivity contribution in [3.63, 3.8) is 0 Å². The van der Waals surface area contributed by atoms with Gasteiger partial charge in [0.05, 0.1) is 11.0 Å². The molecule has 6 heteroatoms. The van der Waals surface area contributed by atoms with E-state index in [9.17, 15) is 0 Å². The molecule has 10 aromatic rings. The van der Waals surface area contributed by atoms with Gasteiger partial charge in [-0.25, -0.2) is 4.98 Å². The van der Waals surface area contributed by atoms with E-state index in [1.165, 1.54) is 10.9 Å². The summed E-state index contributed by atoms with van der Waals surface area (Å²) in [5, 5.41) is 16.5. The van der Waals surface area contributed by atoms with Crippen LogP contribution in [0.3, 0.4) is 0 Å². The Labute approximate surface area is 262 Å². The molecule has 0 spiro atoms. The monoisotopic (exact) mass is 589 g/mol. The van der Waals surface area contributed by atoms with Gasteiger partial charge >= 0.3 is 0 Å². The van der Waals surface area contributed by atoms with Crippen LogP contribution in [0.25, 0.3) is 93.8 Å². The van der Waals surface area contributed by atoms with E-state index < -0.39 is 0 Å². The Bertz CT molecular complexity index is 2820. The maximum atomic E-state index is 6.19. The number of para-hydroxylation sites is 1. The number of aromatic nitrogens is 5. The zero-order chi connectivity index (χ0) is 30.2. The molecule has 0 saturated carbocycles. The Hall–Kier alpha value is -6.40. The highest BCUT2D eigenvalue weighted by Crippen LogP contribution is 2.39. The molecular weight excluding hydrogens is 566 g/mol. The van der Waals surface area contributed by atoms with Gasteiger partial charge < -0.3 is 4.42 Å². The molecule has 4 heterocycles. The second-order valence-corrected chi connectivity index (χ2v) is 11.6. The van der Waals surface area contributed by atoms with Crippen molar-refractivity contribution in [3.05, 3.63) is 140 Å². The summed E-state index contributed by atoms with van der Waals surface area (Å²) in [6.45, 7) is 0. The Morgan fingerprint density at radius 1 is 0.457 bits per heavy atom. The van der Waals surface area contributed by atoms with Crippen LogP contribution < -0.4 is 0 Å². The van der Waals surface area contributed by atoms with Crippen molar-refractivity contribution in [2.75, 3.05) is 0 Å². The molecule has 6 aromatic carbocycles. The summed E-state index contributed by atoms with van der Waals surface area (Å²) < 4.78 is 8.38. The van der Waals surface area contributed by atoms with Gasteiger partial charge in [-0.15, -0.1) is 10.2 Å². The third kappa shape index (κ3) is 3.64. The molecule has 10 rings (SSSR count). The van der Waals surface area contributed by atoms with Crippen molar-refractivity contribution in [3.8, 4) is 28.2 Å². The minimum Gasteiger partial charge on any atom is -0.456 e. The molecule has 0 unspecified atom stereocenters. The molecule has 46 heavy (non-hydrogen) atoms. The van der Waals surface area contributed by atoms with Gasteiger partial charge in [-0.1, -0.05) is 84.9 Å². The van der Waals surface area contributed by atoms with Crippen LogP contribution in [0, 0.1) is 0 Å². The molecular formula is C40H23N5O.